The van der Waals surface area contributed by atoms with Crippen LogP contribution in [0.1, 0.15) is 11.3 Å². The zero-order chi connectivity index (χ0) is 8.43. The monoisotopic (exact) mass is 154 g/mol. The summed E-state index contributed by atoms with van der Waals surface area (Å²) in [5, 5.41) is 12.4. The van der Waals surface area contributed by atoms with Crippen LogP contribution in [0.25, 0.3) is 0 Å². The first-order chi connectivity index (χ1) is 5.11. The topological polar surface area (TPSA) is 55.1 Å². The molecule has 0 aromatic carbocycles. The lowest BCUT2D eigenvalue weighted by atomic mass is 10.2. The molecule has 1 aromatic rings. The van der Waals surface area contributed by atoms with Crippen LogP contribution in [-0.4, -0.2) is 20.9 Å². The van der Waals surface area contributed by atoms with Crippen LogP contribution < -0.4 is 0 Å². The number of carboxylic acids is 1. The van der Waals surface area contributed by atoms with Gasteiger partial charge < -0.3 is 5.11 Å². The molecule has 0 saturated heterocycles. The summed E-state index contributed by atoms with van der Waals surface area (Å²) in [5.74, 6) is -0.818. The molecule has 4 heteroatoms. The van der Waals surface area contributed by atoms with Crippen molar-refractivity contribution >= 4 is 5.97 Å². The molecule has 0 spiro atoms. The number of hydrogen-bond acceptors (Lipinski definition) is 2. The van der Waals surface area contributed by atoms with Gasteiger partial charge in [0.2, 0.25) is 0 Å². The highest BCUT2D eigenvalue weighted by molar-refractivity contribution is 5.70. The number of aromatic nitrogens is 2. The van der Waals surface area contributed by atoms with Gasteiger partial charge in [0, 0.05) is 18.3 Å². The average molecular weight is 154 g/mol. The molecule has 60 valence electrons. The van der Waals surface area contributed by atoms with Crippen LogP contribution in [0.3, 0.4) is 0 Å². The molecule has 0 fully saturated rings. The van der Waals surface area contributed by atoms with Gasteiger partial charge in [-0.3, -0.25) is 9.48 Å². The number of aliphatic carboxylic acids is 1. The molecule has 4 nitrogen and oxygen atoms in total. The van der Waals surface area contributed by atoms with Crippen molar-refractivity contribution in [3.05, 3.63) is 17.5 Å². The minimum absolute atomic E-state index is 0.0552. The highest BCUT2D eigenvalue weighted by atomic mass is 16.4. The van der Waals surface area contributed by atoms with Crippen LogP contribution in [0.5, 0.6) is 0 Å². The fourth-order valence-electron chi connectivity index (χ4n) is 0.881. The lowest BCUT2D eigenvalue weighted by molar-refractivity contribution is -0.136. The van der Waals surface area contributed by atoms with E-state index in [1.807, 2.05) is 6.92 Å². The summed E-state index contributed by atoms with van der Waals surface area (Å²) in [7, 11) is 1.79. The number of nitrogens with zero attached hydrogens (tertiary/aromatic N) is 2. The van der Waals surface area contributed by atoms with Crippen LogP contribution in [0.15, 0.2) is 6.20 Å². The molecule has 0 unspecified atom stereocenters. The highest BCUT2D eigenvalue weighted by Crippen LogP contribution is 2.05. The van der Waals surface area contributed by atoms with Gasteiger partial charge in [-0.1, -0.05) is 0 Å². The van der Waals surface area contributed by atoms with Crippen molar-refractivity contribution in [1.82, 2.24) is 9.78 Å². The molecule has 1 heterocycles. The van der Waals surface area contributed by atoms with Gasteiger partial charge >= 0.3 is 5.97 Å². The van der Waals surface area contributed by atoms with E-state index in [9.17, 15) is 4.79 Å². The molecule has 0 radical (unpaired) electrons. The van der Waals surface area contributed by atoms with E-state index in [0.29, 0.717) is 0 Å². The van der Waals surface area contributed by atoms with Crippen LogP contribution in [0.4, 0.5) is 0 Å². The average Bonchev–Trinajstić information content (AvgIpc) is 2.18. The fourth-order valence-corrected chi connectivity index (χ4v) is 0.881. The van der Waals surface area contributed by atoms with Crippen molar-refractivity contribution in [3.63, 3.8) is 0 Å². The summed E-state index contributed by atoms with van der Waals surface area (Å²) in [6, 6.07) is 0. The zero-order valence-electron chi connectivity index (χ0n) is 6.53. The molecular formula is C7H10N2O2. The Labute approximate surface area is 64.5 Å². The van der Waals surface area contributed by atoms with E-state index >= 15 is 0 Å². The first-order valence-electron chi connectivity index (χ1n) is 3.30. The molecule has 0 aliphatic heterocycles. The van der Waals surface area contributed by atoms with Crippen molar-refractivity contribution in [3.8, 4) is 0 Å². The molecule has 0 aliphatic carbocycles. The van der Waals surface area contributed by atoms with E-state index in [1.165, 1.54) is 0 Å². The minimum Gasteiger partial charge on any atom is -0.481 e. The Morgan fingerprint density at radius 2 is 2.45 bits per heavy atom. The van der Waals surface area contributed by atoms with Crippen LogP contribution >= 0.6 is 0 Å². The second-order valence-corrected chi connectivity index (χ2v) is 2.45. The molecule has 1 rings (SSSR count). The second-order valence-electron chi connectivity index (χ2n) is 2.45. The molecule has 11 heavy (non-hydrogen) atoms. The smallest absolute Gasteiger partial charge is 0.307 e. The van der Waals surface area contributed by atoms with E-state index in [1.54, 1.807) is 17.9 Å². The molecule has 0 saturated carbocycles. The number of rotatable bonds is 2. The van der Waals surface area contributed by atoms with E-state index < -0.39 is 5.97 Å². The van der Waals surface area contributed by atoms with Crippen molar-refractivity contribution in [2.24, 2.45) is 7.05 Å². The molecule has 0 bridgehead atoms. The summed E-state index contributed by atoms with van der Waals surface area (Å²) in [4.78, 5) is 10.3. The first-order valence-corrected chi connectivity index (χ1v) is 3.30. The maximum atomic E-state index is 10.3. The summed E-state index contributed by atoms with van der Waals surface area (Å²) in [6.45, 7) is 1.85. The third-order valence-corrected chi connectivity index (χ3v) is 1.68. The molecule has 0 aliphatic rings. The molecule has 1 aromatic heterocycles. The quantitative estimate of drug-likeness (QED) is 0.669. The van der Waals surface area contributed by atoms with E-state index in [2.05, 4.69) is 5.10 Å². The van der Waals surface area contributed by atoms with E-state index in [-0.39, 0.29) is 6.42 Å². The van der Waals surface area contributed by atoms with Gasteiger partial charge in [-0.15, -0.1) is 0 Å². The largest absolute Gasteiger partial charge is 0.481 e. The Bertz CT molecular complexity index is 278. The Morgan fingerprint density at radius 3 is 2.82 bits per heavy atom. The van der Waals surface area contributed by atoms with Crippen molar-refractivity contribution in [2.75, 3.05) is 0 Å². The Balaban J connectivity index is 2.87. The lowest BCUT2D eigenvalue weighted by Gasteiger charge is -1.95. The first kappa shape index (κ1) is 7.78. The fraction of sp³-hybridized carbons (Fsp3) is 0.429. The summed E-state index contributed by atoms with van der Waals surface area (Å²) < 4.78 is 1.66. The minimum atomic E-state index is -0.818. The maximum Gasteiger partial charge on any atom is 0.307 e. The molecular weight excluding hydrogens is 144 g/mol. The number of hydrogen-bond donors (Lipinski definition) is 1. The molecule has 0 atom stereocenters. The normalized spacial score (nSPS) is 10.0. The number of carboxylic acid groups (broad SMARTS) is 1. The Kier molecular flexibility index (Phi) is 1.94. The maximum absolute atomic E-state index is 10.3. The Morgan fingerprint density at radius 1 is 1.82 bits per heavy atom. The summed E-state index contributed by atoms with van der Waals surface area (Å²) in [6.07, 6.45) is 1.64. The van der Waals surface area contributed by atoms with Gasteiger partial charge in [-0.05, 0) is 6.92 Å². The SMILES string of the molecule is Cc1c(CC(=O)O)cnn1C. The van der Waals surface area contributed by atoms with E-state index in [4.69, 9.17) is 5.11 Å². The lowest BCUT2D eigenvalue weighted by Crippen LogP contribution is -2.01. The van der Waals surface area contributed by atoms with Gasteiger partial charge in [0.05, 0.1) is 12.6 Å². The van der Waals surface area contributed by atoms with E-state index in [0.717, 1.165) is 11.3 Å². The van der Waals surface area contributed by atoms with Gasteiger partial charge in [0.1, 0.15) is 0 Å². The van der Waals surface area contributed by atoms with Gasteiger partial charge in [0.25, 0.3) is 0 Å². The molecule has 1 N–H and O–H groups in total. The van der Waals surface area contributed by atoms with Gasteiger partial charge in [-0.2, -0.15) is 5.10 Å². The van der Waals surface area contributed by atoms with Gasteiger partial charge in [-0.25, -0.2) is 0 Å². The Hall–Kier alpha value is -1.32. The van der Waals surface area contributed by atoms with Crippen molar-refractivity contribution in [2.45, 2.75) is 13.3 Å². The number of aryl methyl sites for hydroxylation is 1. The summed E-state index contributed by atoms with van der Waals surface area (Å²) in [5.41, 5.74) is 1.69. The number of carbonyl (C=O) groups is 1. The van der Waals surface area contributed by atoms with Crippen LogP contribution in [0, 0.1) is 6.92 Å². The third-order valence-electron chi connectivity index (χ3n) is 1.68. The van der Waals surface area contributed by atoms with Gasteiger partial charge in [0.15, 0.2) is 0 Å². The predicted molar refractivity (Wildman–Crippen MR) is 39.3 cm³/mol. The third kappa shape index (κ3) is 1.58. The highest BCUT2D eigenvalue weighted by Gasteiger charge is 2.06. The van der Waals surface area contributed by atoms with Crippen LogP contribution in [-0.2, 0) is 18.3 Å². The van der Waals surface area contributed by atoms with Crippen molar-refractivity contribution < 1.29 is 9.90 Å². The zero-order valence-corrected chi connectivity index (χ0v) is 6.53. The molecule has 0 amide bonds. The van der Waals surface area contributed by atoms with Crippen molar-refractivity contribution in [1.29, 1.82) is 0 Å². The standard InChI is InChI=1S/C7H10N2O2/c1-5-6(3-7(10)11)4-8-9(5)2/h4H,3H2,1-2H3,(H,10,11). The summed E-state index contributed by atoms with van der Waals surface area (Å²) >= 11 is 0. The second kappa shape index (κ2) is 2.74. The predicted octanol–water partition coefficient (Wildman–Crippen LogP) is 0.356. The van der Waals surface area contributed by atoms with Crippen LogP contribution in [0.2, 0.25) is 0 Å².